The standard InChI is InChI=1S/C24H18BrNO3/c1-16-7-6-8-17(13-16)15-28-22-12-5-2-9-18(22)14-21-24(27)29-23(26-21)19-10-3-4-11-20(19)25/h2-14H,15H2,1H3/b21-14-. The molecule has 0 fully saturated rings. The minimum Gasteiger partial charge on any atom is -0.488 e. The number of carbonyl (C=O) groups is 1. The predicted molar refractivity (Wildman–Crippen MR) is 117 cm³/mol. The molecule has 4 nitrogen and oxygen atoms in total. The topological polar surface area (TPSA) is 47.9 Å². The highest BCUT2D eigenvalue weighted by Gasteiger charge is 2.25. The number of aryl methyl sites for hydroxylation is 1. The summed E-state index contributed by atoms with van der Waals surface area (Å²) in [6.07, 6.45) is 1.69. The number of halogens is 1. The molecular formula is C24H18BrNO3. The third-order valence-electron chi connectivity index (χ3n) is 4.41. The molecule has 1 aliphatic rings. The average molecular weight is 448 g/mol. The van der Waals surface area contributed by atoms with E-state index in [0.29, 0.717) is 12.4 Å². The third-order valence-corrected chi connectivity index (χ3v) is 5.10. The van der Waals surface area contributed by atoms with E-state index in [1.54, 1.807) is 6.08 Å². The highest BCUT2D eigenvalue weighted by atomic mass is 79.9. The summed E-state index contributed by atoms with van der Waals surface area (Å²) in [6, 6.07) is 23.2. The monoisotopic (exact) mass is 447 g/mol. The summed E-state index contributed by atoms with van der Waals surface area (Å²) in [5, 5.41) is 0. The molecule has 1 aliphatic heterocycles. The number of rotatable bonds is 5. The van der Waals surface area contributed by atoms with Crippen molar-refractivity contribution in [1.82, 2.24) is 0 Å². The van der Waals surface area contributed by atoms with Crippen LogP contribution in [0.4, 0.5) is 0 Å². The first-order valence-corrected chi connectivity index (χ1v) is 9.94. The first-order valence-electron chi connectivity index (χ1n) is 9.15. The summed E-state index contributed by atoms with van der Waals surface area (Å²) >= 11 is 3.46. The number of benzene rings is 3. The van der Waals surface area contributed by atoms with E-state index in [9.17, 15) is 4.79 Å². The van der Waals surface area contributed by atoms with Crippen molar-refractivity contribution in [2.24, 2.45) is 4.99 Å². The predicted octanol–water partition coefficient (Wildman–Crippen LogP) is 5.68. The number of para-hydroxylation sites is 1. The Labute approximate surface area is 177 Å². The minimum absolute atomic E-state index is 0.238. The van der Waals surface area contributed by atoms with Gasteiger partial charge in [-0.1, -0.05) is 60.2 Å². The van der Waals surface area contributed by atoms with Crippen LogP contribution in [0, 0.1) is 6.92 Å². The van der Waals surface area contributed by atoms with Gasteiger partial charge in [0, 0.05) is 10.0 Å². The fourth-order valence-electron chi connectivity index (χ4n) is 3.00. The summed E-state index contributed by atoms with van der Waals surface area (Å²) in [5.41, 5.74) is 4.01. The Hall–Kier alpha value is -3.18. The highest BCUT2D eigenvalue weighted by Crippen LogP contribution is 2.27. The average Bonchev–Trinajstić information content (AvgIpc) is 3.08. The van der Waals surface area contributed by atoms with Gasteiger partial charge >= 0.3 is 5.97 Å². The largest absolute Gasteiger partial charge is 0.488 e. The van der Waals surface area contributed by atoms with Gasteiger partial charge in [0.2, 0.25) is 5.90 Å². The molecule has 0 aliphatic carbocycles. The molecule has 0 aromatic heterocycles. The fourth-order valence-corrected chi connectivity index (χ4v) is 3.45. The normalized spacial score (nSPS) is 14.6. The molecule has 3 aromatic carbocycles. The molecule has 0 atom stereocenters. The van der Waals surface area contributed by atoms with Gasteiger partial charge in [-0.25, -0.2) is 9.79 Å². The first-order chi connectivity index (χ1) is 14.1. The third kappa shape index (κ3) is 4.46. The molecule has 0 bridgehead atoms. The summed E-state index contributed by atoms with van der Waals surface area (Å²) in [6.45, 7) is 2.49. The Morgan fingerprint density at radius 2 is 1.83 bits per heavy atom. The maximum atomic E-state index is 12.3. The molecule has 1 heterocycles. The van der Waals surface area contributed by atoms with Crippen LogP contribution < -0.4 is 4.74 Å². The molecule has 3 aromatic rings. The minimum atomic E-state index is -0.482. The molecule has 29 heavy (non-hydrogen) atoms. The molecule has 0 spiro atoms. The van der Waals surface area contributed by atoms with Crippen molar-refractivity contribution < 1.29 is 14.3 Å². The van der Waals surface area contributed by atoms with Gasteiger partial charge < -0.3 is 9.47 Å². The van der Waals surface area contributed by atoms with Crippen LogP contribution in [0.15, 0.2) is 88.0 Å². The van der Waals surface area contributed by atoms with Gasteiger partial charge in [-0.3, -0.25) is 0 Å². The Kier molecular flexibility index (Phi) is 5.58. The van der Waals surface area contributed by atoms with E-state index in [1.165, 1.54) is 5.56 Å². The Bertz CT molecular complexity index is 1130. The summed E-state index contributed by atoms with van der Waals surface area (Å²) in [4.78, 5) is 16.7. The first kappa shape index (κ1) is 19.2. The zero-order valence-electron chi connectivity index (χ0n) is 15.8. The molecule has 0 saturated heterocycles. The van der Waals surface area contributed by atoms with E-state index in [-0.39, 0.29) is 11.6 Å². The van der Waals surface area contributed by atoms with Crippen LogP contribution in [0.1, 0.15) is 22.3 Å². The quantitative estimate of drug-likeness (QED) is 0.373. The van der Waals surface area contributed by atoms with Gasteiger partial charge in [0.15, 0.2) is 5.70 Å². The van der Waals surface area contributed by atoms with Crippen molar-refractivity contribution in [1.29, 1.82) is 0 Å². The molecular weight excluding hydrogens is 430 g/mol. The Balaban J connectivity index is 1.60. The number of hydrogen-bond donors (Lipinski definition) is 0. The lowest BCUT2D eigenvalue weighted by Crippen LogP contribution is -2.06. The number of cyclic esters (lactones) is 1. The second-order valence-electron chi connectivity index (χ2n) is 6.63. The van der Waals surface area contributed by atoms with Gasteiger partial charge in [-0.15, -0.1) is 0 Å². The lowest BCUT2D eigenvalue weighted by atomic mass is 10.1. The van der Waals surface area contributed by atoms with E-state index in [1.807, 2.05) is 73.7 Å². The number of nitrogens with zero attached hydrogens (tertiary/aromatic N) is 1. The summed E-state index contributed by atoms with van der Waals surface area (Å²) in [7, 11) is 0. The fraction of sp³-hybridized carbons (Fsp3) is 0.0833. The van der Waals surface area contributed by atoms with Crippen molar-refractivity contribution >= 4 is 33.9 Å². The molecule has 0 N–H and O–H groups in total. The molecule has 0 radical (unpaired) electrons. The Morgan fingerprint density at radius 3 is 2.66 bits per heavy atom. The van der Waals surface area contributed by atoms with Crippen LogP contribution in [0.5, 0.6) is 5.75 Å². The van der Waals surface area contributed by atoms with Crippen LogP contribution in [-0.2, 0) is 16.1 Å². The van der Waals surface area contributed by atoms with Crippen molar-refractivity contribution in [3.63, 3.8) is 0 Å². The van der Waals surface area contributed by atoms with E-state index >= 15 is 0 Å². The van der Waals surface area contributed by atoms with E-state index in [2.05, 4.69) is 27.0 Å². The molecule has 0 amide bonds. The second kappa shape index (κ2) is 8.45. The van der Waals surface area contributed by atoms with Crippen LogP contribution in [0.25, 0.3) is 6.08 Å². The molecule has 0 unspecified atom stereocenters. The number of carbonyl (C=O) groups excluding carboxylic acids is 1. The van der Waals surface area contributed by atoms with E-state index < -0.39 is 5.97 Å². The smallest absolute Gasteiger partial charge is 0.363 e. The maximum Gasteiger partial charge on any atom is 0.363 e. The van der Waals surface area contributed by atoms with Gasteiger partial charge in [-0.05, 0) is 52.7 Å². The van der Waals surface area contributed by atoms with Gasteiger partial charge in [0.05, 0.1) is 5.56 Å². The molecule has 144 valence electrons. The van der Waals surface area contributed by atoms with Crippen molar-refractivity contribution in [3.8, 4) is 5.75 Å². The van der Waals surface area contributed by atoms with Crippen molar-refractivity contribution in [2.45, 2.75) is 13.5 Å². The van der Waals surface area contributed by atoms with Gasteiger partial charge in [0.1, 0.15) is 12.4 Å². The highest BCUT2D eigenvalue weighted by molar-refractivity contribution is 9.10. The molecule has 4 rings (SSSR count). The summed E-state index contributed by atoms with van der Waals surface area (Å²) in [5.74, 6) is 0.481. The Morgan fingerprint density at radius 1 is 1.03 bits per heavy atom. The zero-order valence-corrected chi connectivity index (χ0v) is 17.3. The number of aliphatic imine (C=N–C) groups is 1. The van der Waals surface area contributed by atoms with E-state index in [4.69, 9.17) is 9.47 Å². The lowest BCUT2D eigenvalue weighted by molar-refractivity contribution is -0.129. The van der Waals surface area contributed by atoms with Gasteiger partial charge in [-0.2, -0.15) is 0 Å². The SMILES string of the molecule is Cc1cccc(COc2ccccc2/C=C2\N=C(c3ccccc3Br)OC2=O)c1. The van der Waals surface area contributed by atoms with Crippen LogP contribution >= 0.6 is 15.9 Å². The zero-order chi connectivity index (χ0) is 20.2. The number of ether oxygens (including phenoxy) is 2. The number of esters is 1. The lowest BCUT2D eigenvalue weighted by Gasteiger charge is -2.09. The van der Waals surface area contributed by atoms with Crippen LogP contribution in [0.3, 0.4) is 0 Å². The molecule has 0 saturated carbocycles. The number of hydrogen-bond acceptors (Lipinski definition) is 4. The van der Waals surface area contributed by atoms with Crippen LogP contribution in [0.2, 0.25) is 0 Å². The second-order valence-corrected chi connectivity index (χ2v) is 7.49. The van der Waals surface area contributed by atoms with E-state index in [0.717, 1.165) is 21.2 Å². The maximum absolute atomic E-state index is 12.3. The molecule has 5 heteroatoms. The van der Waals surface area contributed by atoms with Crippen molar-refractivity contribution in [2.75, 3.05) is 0 Å². The summed E-state index contributed by atoms with van der Waals surface area (Å²) < 4.78 is 12.2. The van der Waals surface area contributed by atoms with Gasteiger partial charge in [0.25, 0.3) is 0 Å². The van der Waals surface area contributed by atoms with Crippen molar-refractivity contribution in [3.05, 3.63) is 105 Å². The van der Waals surface area contributed by atoms with Crippen LogP contribution in [-0.4, -0.2) is 11.9 Å².